The molecule has 2 atom stereocenters. The van der Waals surface area contributed by atoms with Crippen LogP contribution in [0.25, 0.3) is 0 Å². The summed E-state index contributed by atoms with van der Waals surface area (Å²) in [7, 11) is 5.36. The summed E-state index contributed by atoms with van der Waals surface area (Å²) in [5.41, 5.74) is 8.14. The van der Waals surface area contributed by atoms with Gasteiger partial charge in [0.25, 0.3) is 0 Å². The normalized spacial score (nSPS) is 21.9. The number of likely N-dealkylation sites (tertiary alicyclic amines) is 1. The molecule has 1 fully saturated rings. The van der Waals surface area contributed by atoms with E-state index in [4.69, 9.17) is 15.2 Å². The van der Waals surface area contributed by atoms with E-state index < -0.39 is 0 Å². The maximum atomic E-state index is 6.05. The van der Waals surface area contributed by atoms with E-state index in [-0.39, 0.29) is 6.04 Å². The third kappa shape index (κ3) is 2.82. The van der Waals surface area contributed by atoms with Gasteiger partial charge in [-0.3, -0.25) is 4.90 Å². The molecule has 0 aromatic carbocycles. The van der Waals surface area contributed by atoms with Crippen LogP contribution >= 0.6 is 0 Å². The van der Waals surface area contributed by atoms with E-state index >= 15 is 0 Å². The van der Waals surface area contributed by atoms with Gasteiger partial charge < -0.3 is 15.2 Å². The van der Waals surface area contributed by atoms with Crippen LogP contribution in [0.5, 0.6) is 5.88 Å². The van der Waals surface area contributed by atoms with E-state index in [0.717, 1.165) is 43.1 Å². The predicted octanol–water partition coefficient (Wildman–Crippen LogP) is 0.848. The summed E-state index contributed by atoms with van der Waals surface area (Å²) in [5.74, 6) is 0.803. The van der Waals surface area contributed by atoms with Crippen molar-refractivity contribution in [1.82, 2.24) is 14.7 Å². The van der Waals surface area contributed by atoms with Gasteiger partial charge in [0.05, 0.1) is 30.5 Å². The lowest BCUT2D eigenvalue weighted by molar-refractivity contribution is 0.0150. The lowest BCUT2D eigenvalue weighted by atomic mass is 10.0. The van der Waals surface area contributed by atoms with Crippen molar-refractivity contribution in [3.8, 4) is 5.88 Å². The topological polar surface area (TPSA) is 65.5 Å². The summed E-state index contributed by atoms with van der Waals surface area (Å²) >= 11 is 0. The summed E-state index contributed by atoms with van der Waals surface area (Å²) in [4.78, 5) is 2.39. The number of methoxy groups -OCH3 is 2. The van der Waals surface area contributed by atoms with Gasteiger partial charge >= 0.3 is 0 Å². The quantitative estimate of drug-likeness (QED) is 0.867. The van der Waals surface area contributed by atoms with Crippen molar-refractivity contribution >= 4 is 0 Å². The molecule has 1 aromatic heterocycles. The number of nitrogens with two attached hydrogens (primary N) is 1. The molecule has 1 aliphatic heterocycles. The Balaban J connectivity index is 2.28. The molecule has 0 spiro atoms. The highest BCUT2D eigenvalue weighted by Crippen LogP contribution is 2.33. The van der Waals surface area contributed by atoms with E-state index in [1.54, 1.807) is 18.9 Å². The first-order valence-electron chi connectivity index (χ1n) is 7.16. The summed E-state index contributed by atoms with van der Waals surface area (Å²) in [5, 5.41) is 4.46. The number of hydrogen-bond acceptors (Lipinski definition) is 5. The molecule has 0 radical (unpaired) electrons. The molecule has 6 nitrogen and oxygen atoms in total. The third-order valence-electron chi connectivity index (χ3n) is 4.15. The van der Waals surface area contributed by atoms with Gasteiger partial charge in [0.15, 0.2) is 0 Å². The van der Waals surface area contributed by atoms with Crippen LogP contribution < -0.4 is 10.5 Å². The molecule has 0 saturated carbocycles. The summed E-state index contributed by atoms with van der Waals surface area (Å²) in [6.45, 7) is 4.52. The first-order chi connectivity index (χ1) is 9.62. The number of rotatable bonds is 5. The second kappa shape index (κ2) is 6.56. The Morgan fingerprint density at radius 1 is 1.45 bits per heavy atom. The van der Waals surface area contributed by atoms with Crippen LogP contribution in [0.3, 0.4) is 0 Å². The summed E-state index contributed by atoms with van der Waals surface area (Å²) in [6, 6.07) is 0.136. The largest absolute Gasteiger partial charge is 0.481 e. The average Bonchev–Trinajstić information content (AvgIpc) is 2.74. The maximum Gasteiger partial charge on any atom is 0.216 e. The van der Waals surface area contributed by atoms with Crippen molar-refractivity contribution in [3.63, 3.8) is 0 Å². The fourth-order valence-corrected chi connectivity index (χ4v) is 3.17. The Labute approximate surface area is 120 Å². The van der Waals surface area contributed by atoms with Crippen LogP contribution in [0.1, 0.15) is 30.1 Å². The fraction of sp³-hybridized carbons (Fsp3) is 0.786. The van der Waals surface area contributed by atoms with E-state index in [0.29, 0.717) is 12.6 Å². The predicted molar refractivity (Wildman–Crippen MR) is 77.9 cm³/mol. The molecule has 2 N–H and O–H groups in total. The van der Waals surface area contributed by atoms with Crippen LogP contribution in [-0.2, 0) is 11.8 Å². The van der Waals surface area contributed by atoms with E-state index in [1.807, 2.05) is 14.0 Å². The monoisotopic (exact) mass is 282 g/mol. The lowest BCUT2D eigenvalue weighted by Gasteiger charge is -2.37. The van der Waals surface area contributed by atoms with Gasteiger partial charge in [0.1, 0.15) is 0 Å². The summed E-state index contributed by atoms with van der Waals surface area (Å²) in [6.07, 6.45) is 2.55. The molecule has 114 valence electrons. The Morgan fingerprint density at radius 2 is 2.20 bits per heavy atom. The highest BCUT2D eigenvalue weighted by Gasteiger charge is 2.31. The molecular formula is C14H26N4O2. The maximum absolute atomic E-state index is 6.05. The summed E-state index contributed by atoms with van der Waals surface area (Å²) < 4.78 is 12.8. The molecular weight excluding hydrogens is 256 g/mol. The van der Waals surface area contributed by atoms with Crippen LogP contribution in [0.15, 0.2) is 0 Å². The SMILES string of the molecule is COc1c(C(CN)N2CCCC(OC)C2)c(C)nn1C. The Hall–Kier alpha value is -1.11. The molecule has 2 unspecified atom stereocenters. The second-order valence-electron chi connectivity index (χ2n) is 5.38. The number of piperidine rings is 1. The zero-order chi connectivity index (χ0) is 14.7. The first-order valence-corrected chi connectivity index (χ1v) is 7.16. The minimum Gasteiger partial charge on any atom is -0.481 e. The van der Waals surface area contributed by atoms with Crippen LogP contribution in [-0.4, -0.2) is 54.6 Å². The van der Waals surface area contributed by atoms with E-state index in [2.05, 4.69) is 10.00 Å². The van der Waals surface area contributed by atoms with Crippen molar-refractivity contribution in [2.45, 2.75) is 31.9 Å². The molecule has 1 aliphatic rings. The fourth-order valence-electron chi connectivity index (χ4n) is 3.17. The Morgan fingerprint density at radius 3 is 2.80 bits per heavy atom. The van der Waals surface area contributed by atoms with Crippen LogP contribution in [0.2, 0.25) is 0 Å². The minimum atomic E-state index is 0.136. The van der Waals surface area contributed by atoms with E-state index in [1.165, 1.54) is 0 Å². The van der Waals surface area contributed by atoms with Gasteiger partial charge in [-0.25, -0.2) is 4.68 Å². The molecule has 20 heavy (non-hydrogen) atoms. The van der Waals surface area contributed by atoms with Crippen molar-refractivity contribution < 1.29 is 9.47 Å². The van der Waals surface area contributed by atoms with Gasteiger partial charge in [-0.15, -0.1) is 0 Å². The molecule has 0 amide bonds. The highest BCUT2D eigenvalue weighted by atomic mass is 16.5. The molecule has 0 bridgehead atoms. The van der Waals surface area contributed by atoms with Crippen molar-refractivity contribution in [1.29, 1.82) is 0 Å². The minimum absolute atomic E-state index is 0.136. The zero-order valence-electron chi connectivity index (χ0n) is 12.9. The van der Waals surface area contributed by atoms with Crippen molar-refractivity contribution in [3.05, 3.63) is 11.3 Å². The van der Waals surface area contributed by atoms with Gasteiger partial charge in [-0.1, -0.05) is 0 Å². The Bertz CT molecular complexity index is 447. The zero-order valence-corrected chi connectivity index (χ0v) is 12.9. The molecule has 1 aromatic rings. The second-order valence-corrected chi connectivity index (χ2v) is 5.38. The van der Waals surface area contributed by atoms with Gasteiger partial charge in [-0.2, -0.15) is 5.10 Å². The van der Waals surface area contributed by atoms with Gasteiger partial charge in [-0.05, 0) is 26.3 Å². The molecule has 6 heteroatoms. The Kier molecular flexibility index (Phi) is 5.01. The van der Waals surface area contributed by atoms with Crippen LogP contribution in [0, 0.1) is 6.92 Å². The lowest BCUT2D eigenvalue weighted by Crippen LogP contribution is -2.43. The molecule has 1 saturated heterocycles. The third-order valence-corrected chi connectivity index (χ3v) is 4.15. The first kappa shape index (κ1) is 15.3. The van der Waals surface area contributed by atoms with Crippen molar-refractivity contribution in [2.75, 3.05) is 33.9 Å². The number of aryl methyl sites for hydroxylation is 2. The average molecular weight is 282 g/mol. The number of ether oxygens (including phenoxy) is 2. The van der Waals surface area contributed by atoms with Gasteiger partial charge in [0.2, 0.25) is 5.88 Å². The van der Waals surface area contributed by atoms with E-state index in [9.17, 15) is 0 Å². The molecule has 0 aliphatic carbocycles. The smallest absolute Gasteiger partial charge is 0.216 e. The molecule has 2 heterocycles. The number of nitrogens with zero attached hydrogens (tertiary/aromatic N) is 3. The van der Waals surface area contributed by atoms with Crippen molar-refractivity contribution in [2.24, 2.45) is 12.8 Å². The highest BCUT2D eigenvalue weighted by molar-refractivity contribution is 5.34. The molecule has 2 rings (SSSR count). The van der Waals surface area contributed by atoms with Gasteiger partial charge in [0, 0.05) is 27.2 Å². The number of aromatic nitrogens is 2. The standard InChI is InChI=1S/C14H26N4O2/c1-10-13(14(20-4)17(2)16-10)12(8-15)18-7-5-6-11(9-18)19-3/h11-12H,5-9,15H2,1-4H3. The number of hydrogen-bond donors (Lipinski definition) is 1. The van der Waals surface area contributed by atoms with Crippen LogP contribution in [0.4, 0.5) is 0 Å².